The summed E-state index contributed by atoms with van der Waals surface area (Å²) in [7, 11) is 0. The molecule has 4 aromatic carbocycles. The van der Waals surface area contributed by atoms with Crippen molar-refractivity contribution >= 4 is 52.0 Å². The van der Waals surface area contributed by atoms with Gasteiger partial charge in [-0.3, -0.25) is 14.9 Å². The predicted molar refractivity (Wildman–Crippen MR) is 140 cm³/mol. The lowest BCUT2D eigenvalue weighted by Gasteiger charge is -2.27. The fourth-order valence-corrected chi connectivity index (χ4v) is 4.22. The highest BCUT2D eigenvalue weighted by atomic mass is 35.5. The third-order valence-electron chi connectivity index (χ3n) is 6.04. The number of benzene rings is 4. The van der Waals surface area contributed by atoms with Crippen LogP contribution in [0.15, 0.2) is 84.4 Å². The van der Waals surface area contributed by atoms with Gasteiger partial charge in [-0.15, -0.1) is 0 Å². The number of carbonyl (C=O) groups is 3. The number of carbonyl (C=O) groups excluding carboxylic acids is 3. The molecule has 1 aliphatic heterocycles. The Morgan fingerprint density at radius 3 is 2.49 bits per heavy atom. The number of imide groups is 2. The molecule has 0 bridgehead atoms. The average molecular weight is 515 g/mol. The van der Waals surface area contributed by atoms with Crippen molar-refractivity contribution in [2.24, 2.45) is 0 Å². The molecule has 184 valence electrons. The second-order valence-electron chi connectivity index (χ2n) is 8.50. The van der Waals surface area contributed by atoms with Gasteiger partial charge in [-0.25, -0.2) is 14.1 Å². The van der Waals surface area contributed by atoms with Crippen molar-refractivity contribution in [2.75, 3.05) is 4.90 Å². The van der Waals surface area contributed by atoms with E-state index in [-0.39, 0.29) is 23.7 Å². The van der Waals surface area contributed by atoms with Gasteiger partial charge < -0.3 is 4.74 Å². The Morgan fingerprint density at radius 1 is 0.973 bits per heavy atom. The van der Waals surface area contributed by atoms with Gasteiger partial charge in [0.2, 0.25) is 0 Å². The lowest BCUT2D eigenvalue weighted by molar-refractivity contribution is -0.122. The van der Waals surface area contributed by atoms with E-state index in [0.29, 0.717) is 16.3 Å². The van der Waals surface area contributed by atoms with Crippen LogP contribution in [0.5, 0.6) is 5.75 Å². The Hall–Kier alpha value is -4.49. The Balaban J connectivity index is 1.58. The minimum absolute atomic E-state index is 0.140. The number of urea groups is 1. The van der Waals surface area contributed by atoms with Crippen LogP contribution >= 0.6 is 11.6 Å². The predicted octanol–water partition coefficient (Wildman–Crippen LogP) is 6.19. The minimum Gasteiger partial charge on any atom is -0.488 e. The molecule has 1 N–H and O–H groups in total. The number of anilines is 1. The van der Waals surface area contributed by atoms with Crippen LogP contribution in [0.1, 0.15) is 16.7 Å². The van der Waals surface area contributed by atoms with E-state index in [1.165, 1.54) is 24.3 Å². The molecule has 1 aliphatic rings. The summed E-state index contributed by atoms with van der Waals surface area (Å²) in [4.78, 5) is 39.8. The molecule has 0 aliphatic carbocycles. The first-order valence-electron chi connectivity index (χ1n) is 11.4. The van der Waals surface area contributed by atoms with Crippen LogP contribution in [-0.4, -0.2) is 17.8 Å². The Kier molecular flexibility index (Phi) is 6.46. The quantitative estimate of drug-likeness (QED) is 0.255. The maximum atomic E-state index is 13.5. The first kappa shape index (κ1) is 24.2. The molecule has 1 saturated heterocycles. The van der Waals surface area contributed by atoms with Crippen molar-refractivity contribution in [2.45, 2.75) is 13.5 Å². The van der Waals surface area contributed by atoms with Gasteiger partial charge in [-0.2, -0.15) is 0 Å². The van der Waals surface area contributed by atoms with Crippen LogP contribution in [0.3, 0.4) is 0 Å². The molecule has 0 unspecified atom stereocenters. The largest absolute Gasteiger partial charge is 0.488 e. The van der Waals surface area contributed by atoms with Crippen LogP contribution in [-0.2, 0) is 16.2 Å². The number of hydrogen-bond acceptors (Lipinski definition) is 4. The van der Waals surface area contributed by atoms with Crippen molar-refractivity contribution in [3.05, 3.63) is 112 Å². The van der Waals surface area contributed by atoms with Crippen molar-refractivity contribution in [3.63, 3.8) is 0 Å². The van der Waals surface area contributed by atoms with Gasteiger partial charge in [0.05, 0.1) is 5.69 Å². The smallest absolute Gasteiger partial charge is 0.335 e. The Bertz CT molecular complexity index is 1600. The number of nitrogens with zero attached hydrogens (tertiary/aromatic N) is 1. The van der Waals surface area contributed by atoms with Crippen molar-refractivity contribution in [1.29, 1.82) is 0 Å². The molecule has 0 radical (unpaired) electrons. The molecule has 1 heterocycles. The lowest BCUT2D eigenvalue weighted by atomic mass is 9.99. The standard InChI is InChI=1S/C29H20ClFN2O4/c1-17-6-12-21(14-25(17)30)33-28(35)24(27(34)32-29(33)36)15-23-22-5-3-2-4-19(22)9-13-26(23)37-16-18-7-10-20(31)11-8-18/h2-15H,16H2,1H3,(H,32,34,36). The number of amides is 4. The molecule has 4 amide bonds. The van der Waals surface area contributed by atoms with Gasteiger partial charge in [-0.05, 0) is 65.2 Å². The molecule has 4 aromatic rings. The van der Waals surface area contributed by atoms with Gasteiger partial charge in [-0.1, -0.05) is 60.1 Å². The van der Waals surface area contributed by atoms with Gasteiger partial charge in [0.15, 0.2) is 0 Å². The van der Waals surface area contributed by atoms with Crippen molar-refractivity contribution in [1.82, 2.24) is 5.32 Å². The summed E-state index contributed by atoms with van der Waals surface area (Å²) in [5, 5.41) is 4.22. The summed E-state index contributed by atoms with van der Waals surface area (Å²) in [5.74, 6) is -1.54. The molecular weight excluding hydrogens is 495 g/mol. The van der Waals surface area contributed by atoms with Crippen LogP contribution in [0.4, 0.5) is 14.9 Å². The highest BCUT2D eigenvalue weighted by Gasteiger charge is 2.37. The third kappa shape index (κ3) is 4.81. The summed E-state index contributed by atoms with van der Waals surface area (Å²) in [6.07, 6.45) is 1.43. The zero-order valence-corrected chi connectivity index (χ0v) is 20.4. The first-order valence-corrected chi connectivity index (χ1v) is 11.8. The van der Waals surface area contributed by atoms with E-state index in [9.17, 15) is 18.8 Å². The summed E-state index contributed by atoms with van der Waals surface area (Å²) in [6, 6.07) is 20.9. The number of halogens is 2. The second kappa shape index (κ2) is 9.87. The van der Waals surface area contributed by atoms with Crippen LogP contribution in [0.2, 0.25) is 5.02 Å². The second-order valence-corrected chi connectivity index (χ2v) is 8.91. The topological polar surface area (TPSA) is 75.7 Å². The minimum atomic E-state index is -0.863. The molecular formula is C29H20ClFN2O4. The molecule has 0 aromatic heterocycles. The zero-order valence-electron chi connectivity index (χ0n) is 19.6. The van der Waals surface area contributed by atoms with Gasteiger partial charge in [0, 0.05) is 10.6 Å². The number of ether oxygens (including phenoxy) is 1. The molecule has 0 spiro atoms. The molecule has 8 heteroatoms. The van der Waals surface area contributed by atoms with Gasteiger partial charge in [0.25, 0.3) is 11.8 Å². The molecule has 0 saturated carbocycles. The van der Waals surface area contributed by atoms with E-state index in [2.05, 4.69) is 5.32 Å². The molecule has 1 fully saturated rings. The summed E-state index contributed by atoms with van der Waals surface area (Å²) < 4.78 is 19.3. The van der Waals surface area contributed by atoms with E-state index >= 15 is 0 Å². The lowest BCUT2D eigenvalue weighted by Crippen LogP contribution is -2.54. The Morgan fingerprint density at radius 2 is 1.73 bits per heavy atom. The van der Waals surface area contributed by atoms with E-state index in [1.807, 2.05) is 30.3 Å². The maximum absolute atomic E-state index is 13.5. The highest BCUT2D eigenvalue weighted by Crippen LogP contribution is 2.33. The normalized spacial score (nSPS) is 14.8. The number of hydrogen-bond donors (Lipinski definition) is 1. The molecule has 0 atom stereocenters. The molecule has 6 nitrogen and oxygen atoms in total. The van der Waals surface area contributed by atoms with E-state index in [4.69, 9.17) is 16.3 Å². The van der Waals surface area contributed by atoms with E-state index in [0.717, 1.165) is 26.8 Å². The SMILES string of the molecule is Cc1ccc(N2C(=O)NC(=O)C(=Cc3c(OCc4ccc(F)cc4)ccc4ccccc34)C2=O)cc1Cl. The first-order chi connectivity index (χ1) is 17.8. The number of barbiturate groups is 1. The number of aryl methyl sites for hydroxylation is 1. The number of nitrogens with one attached hydrogen (secondary N) is 1. The fourth-order valence-electron chi connectivity index (χ4n) is 4.05. The fraction of sp³-hybridized carbons (Fsp3) is 0.0690. The Labute approximate surface area is 216 Å². The van der Waals surface area contributed by atoms with Crippen LogP contribution < -0.4 is 15.0 Å². The van der Waals surface area contributed by atoms with Crippen LogP contribution in [0.25, 0.3) is 16.8 Å². The van der Waals surface area contributed by atoms with Gasteiger partial charge in [0.1, 0.15) is 23.7 Å². The monoisotopic (exact) mass is 514 g/mol. The summed E-state index contributed by atoms with van der Waals surface area (Å²) >= 11 is 6.21. The highest BCUT2D eigenvalue weighted by molar-refractivity contribution is 6.40. The van der Waals surface area contributed by atoms with E-state index in [1.54, 1.807) is 37.3 Å². The number of fused-ring (bicyclic) bond motifs is 1. The molecule has 5 rings (SSSR count). The summed E-state index contributed by atoms with van der Waals surface area (Å²) in [6.45, 7) is 1.94. The summed E-state index contributed by atoms with van der Waals surface area (Å²) in [5.41, 5.74) is 2.02. The molecule has 37 heavy (non-hydrogen) atoms. The van der Waals surface area contributed by atoms with Crippen LogP contribution in [0, 0.1) is 12.7 Å². The average Bonchev–Trinajstić information content (AvgIpc) is 2.88. The third-order valence-corrected chi connectivity index (χ3v) is 6.45. The van der Waals surface area contributed by atoms with Gasteiger partial charge >= 0.3 is 6.03 Å². The maximum Gasteiger partial charge on any atom is 0.335 e. The van der Waals surface area contributed by atoms with Crippen molar-refractivity contribution < 1.29 is 23.5 Å². The van der Waals surface area contributed by atoms with E-state index < -0.39 is 17.8 Å². The zero-order chi connectivity index (χ0) is 26.1. The van der Waals surface area contributed by atoms with Crippen molar-refractivity contribution in [3.8, 4) is 5.75 Å². The number of rotatable bonds is 5.